The molecule has 0 bridgehead atoms. The number of carbonyl (C=O) groups excluding carboxylic acids is 3. The number of anilines is 1. The summed E-state index contributed by atoms with van der Waals surface area (Å²) in [5, 5.41) is 11.2. The number of ketones is 1. The van der Waals surface area contributed by atoms with Crippen LogP contribution in [0.1, 0.15) is 65.6 Å². The molecule has 2 aromatic carbocycles. The number of aromatic nitrogens is 1. The Morgan fingerprint density at radius 3 is 2.52 bits per heavy atom. The average Bonchev–Trinajstić information content (AvgIpc) is 3.51. The number of ether oxygens (including phenoxy) is 3. The van der Waals surface area contributed by atoms with E-state index in [-0.39, 0.29) is 15.6 Å². The van der Waals surface area contributed by atoms with E-state index in [4.69, 9.17) is 14.2 Å². The average molecular weight is 591 g/mol. The van der Waals surface area contributed by atoms with Crippen molar-refractivity contribution >= 4 is 40.2 Å². The molecule has 1 aliphatic rings. The molecule has 220 valence electrons. The van der Waals surface area contributed by atoms with E-state index in [9.17, 15) is 19.5 Å². The fraction of sp³-hybridized carbons (Fsp3) is 0.312. The Morgan fingerprint density at radius 2 is 1.83 bits per heavy atom. The Hall–Kier alpha value is -4.44. The molecule has 9 nitrogen and oxygen atoms in total. The minimum atomic E-state index is -1.05. The number of thiazole rings is 1. The summed E-state index contributed by atoms with van der Waals surface area (Å²) in [7, 11) is 1.26. The maximum absolute atomic E-state index is 13.6. The molecule has 1 N–H and O–H groups in total. The van der Waals surface area contributed by atoms with Crippen LogP contribution in [-0.4, -0.2) is 48.1 Å². The number of aliphatic hydroxyl groups excluding tert-OH is 1. The first-order valence-corrected chi connectivity index (χ1v) is 14.6. The first kappa shape index (κ1) is 30.5. The van der Waals surface area contributed by atoms with Crippen LogP contribution in [0.3, 0.4) is 0 Å². The highest BCUT2D eigenvalue weighted by molar-refractivity contribution is 7.17. The summed E-state index contributed by atoms with van der Waals surface area (Å²) in [6, 6.07) is 13.3. The summed E-state index contributed by atoms with van der Waals surface area (Å²) >= 11 is 0.947. The van der Waals surface area contributed by atoms with Gasteiger partial charge in [-0.05, 0) is 49.6 Å². The lowest BCUT2D eigenvalue weighted by Crippen LogP contribution is -2.31. The largest absolute Gasteiger partial charge is 0.503 e. The van der Waals surface area contributed by atoms with Gasteiger partial charge in [0.25, 0.3) is 5.91 Å². The highest BCUT2D eigenvalue weighted by Crippen LogP contribution is 2.45. The Labute approximate surface area is 249 Å². The molecule has 42 heavy (non-hydrogen) atoms. The molecule has 0 radical (unpaired) electrons. The molecule has 4 rings (SSSR count). The van der Waals surface area contributed by atoms with Gasteiger partial charge < -0.3 is 19.3 Å². The smallest absolute Gasteiger partial charge is 0.350 e. The van der Waals surface area contributed by atoms with Crippen LogP contribution in [-0.2, 0) is 14.3 Å². The third-order valence-corrected chi connectivity index (χ3v) is 7.79. The highest BCUT2D eigenvalue weighted by Gasteiger charge is 2.45. The van der Waals surface area contributed by atoms with Gasteiger partial charge in [0.2, 0.25) is 0 Å². The molecule has 3 aromatic rings. The van der Waals surface area contributed by atoms with Crippen LogP contribution in [0.4, 0.5) is 5.13 Å². The Morgan fingerprint density at radius 1 is 1.07 bits per heavy atom. The van der Waals surface area contributed by atoms with Gasteiger partial charge in [0.05, 0.1) is 37.6 Å². The second-order valence-corrected chi connectivity index (χ2v) is 10.5. The third kappa shape index (κ3) is 6.54. The van der Waals surface area contributed by atoms with Crippen LogP contribution >= 0.6 is 11.3 Å². The maximum atomic E-state index is 13.6. The normalized spacial score (nSPS) is 15.0. The predicted molar refractivity (Wildman–Crippen MR) is 161 cm³/mol. The Balaban J connectivity index is 1.80. The number of aliphatic hydroxyl groups is 1. The number of hydrogen-bond acceptors (Lipinski definition) is 9. The van der Waals surface area contributed by atoms with E-state index in [1.807, 2.05) is 37.3 Å². The van der Waals surface area contributed by atoms with Crippen LogP contribution in [0.15, 0.2) is 65.9 Å². The number of allylic oxidation sites excluding steroid dienone is 1. The quantitative estimate of drug-likeness (QED) is 0.138. The van der Waals surface area contributed by atoms with Crippen LogP contribution in [0, 0.1) is 6.92 Å². The number of esters is 1. The molecule has 10 heteroatoms. The van der Waals surface area contributed by atoms with Gasteiger partial charge in [0, 0.05) is 0 Å². The molecule has 1 amide bonds. The van der Waals surface area contributed by atoms with Crippen molar-refractivity contribution in [1.29, 1.82) is 0 Å². The van der Waals surface area contributed by atoms with Crippen LogP contribution in [0.25, 0.3) is 6.08 Å². The van der Waals surface area contributed by atoms with Gasteiger partial charge in [-0.2, -0.15) is 0 Å². The summed E-state index contributed by atoms with van der Waals surface area (Å²) in [5.41, 5.74) is 1.53. The van der Waals surface area contributed by atoms with E-state index in [2.05, 4.69) is 11.9 Å². The lowest BCUT2D eigenvalue weighted by atomic mass is 9.95. The third-order valence-electron chi connectivity index (χ3n) is 6.65. The Kier molecular flexibility index (Phi) is 10.1. The zero-order valence-electron chi connectivity index (χ0n) is 24.1. The summed E-state index contributed by atoms with van der Waals surface area (Å²) in [6.07, 6.45) is 5.93. The molecule has 0 fully saturated rings. The predicted octanol–water partition coefficient (Wildman–Crippen LogP) is 6.39. The van der Waals surface area contributed by atoms with Crippen molar-refractivity contribution in [2.45, 2.75) is 46.1 Å². The molecular weight excluding hydrogens is 556 g/mol. The molecule has 0 aliphatic carbocycles. The molecule has 1 atom stereocenters. The van der Waals surface area contributed by atoms with Gasteiger partial charge in [0.1, 0.15) is 4.88 Å². The van der Waals surface area contributed by atoms with Crippen molar-refractivity contribution in [3.8, 4) is 11.5 Å². The summed E-state index contributed by atoms with van der Waals surface area (Å²) in [4.78, 5) is 45.4. The van der Waals surface area contributed by atoms with E-state index < -0.39 is 29.5 Å². The van der Waals surface area contributed by atoms with Crippen molar-refractivity contribution < 1.29 is 33.7 Å². The summed E-state index contributed by atoms with van der Waals surface area (Å²) in [5.74, 6) is -1.65. The lowest BCUT2D eigenvalue weighted by Gasteiger charge is -2.25. The first-order chi connectivity index (χ1) is 20.3. The zero-order chi connectivity index (χ0) is 30.2. The lowest BCUT2D eigenvalue weighted by molar-refractivity contribution is -0.117. The topological polar surface area (TPSA) is 115 Å². The standard InChI is InChI=1S/C32H34N2O7S/c1-5-7-11-18-41-24-17-15-22(19-25(24)40-6-2)27-26(23(35)16-14-21-12-9-8-10-13-21)28(36)30(37)34(27)32-33-20(3)29(42-32)31(38)39-4/h8-10,12-17,19,27,36H,5-7,11,18H2,1-4H3. The van der Waals surface area contributed by atoms with E-state index in [1.165, 1.54) is 18.1 Å². The Bertz CT molecular complexity index is 1510. The molecular formula is C32H34N2O7S. The molecule has 0 saturated carbocycles. The number of unbranched alkanes of at least 4 members (excludes halogenated alkanes) is 2. The number of benzene rings is 2. The van der Waals surface area contributed by atoms with Crippen molar-refractivity contribution in [3.05, 3.63) is 87.6 Å². The van der Waals surface area contributed by atoms with Gasteiger partial charge in [-0.3, -0.25) is 14.5 Å². The van der Waals surface area contributed by atoms with Gasteiger partial charge in [-0.15, -0.1) is 0 Å². The number of carbonyl (C=O) groups is 3. The van der Waals surface area contributed by atoms with E-state index in [1.54, 1.807) is 31.2 Å². The number of nitrogens with zero attached hydrogens (tertiary/aromatic N) is 2. The van der Waals surface area contributed by atoms with Crippen LogP contribution in [0.5, 0.6) is 11.5 Å². The molecule has 1 aliphatic heterocycles. The monoisotopic (exact) mass is 590 g/mol. The summed E-state index contributed by atoms with van der Waals surface area (Å²) < 4.78 is 16.7. The highest BCUT2D eigenvalue weighted by atomic mass is 32.1. The van der Waals surface area contributed by atoms with Gasteiger partial charge in [0.15, 0.2) is 28.2 Å². The molecule has 1 aromatic heterocycles. The van der Waals surface area contributed by atoms with Crippen LogP contribution < -0.4 is 14.4 Å². The molecule has 2 heterocycles. The molecule has 0 spiro atoms. The molecule has 1 unspecified atom stereocenters. The fourth-order valence-electron chi connectivity index (χ4n) is 4.58. The second-order valence-electron chi connectivity index (χ2n) is 9.55. The molecule has 0 saturated heterocycles. The van der Waals surface area contributed by atoms with Crippen molar-refractivity contribution in [1.82, 2.24) is 4.98 Å². The number of rotatable bonds is 13. The van der Waals surface area contributed by atoms with Gasteiger partial charge in [-0.25, -0.2) is 9.78 Å². The van der Waals surface area contributed by atoms with Gasteiger partial charge in [-0.1, -0.05) is 73.6 Å². The van der Waals surface area contributed by atoms with Crippen molar-refractivity contribution in [2.75, 3.05) is 25.2 Å². The first-order valence-electron chi connectivity index (χ1n) is 13.8. The van der Waals surface area contributed by atoms with Crippen LogP contribution in [0.2, 0.25) is 0 Å². The number of methoxy groups -OCH3 is 1. The second kappa shape index (κ2) is 14.0. The number of aryl methyl sites for hydroxylation is 1. The fourth-order valence-corrected chi connectivity index (χ4v) is 5.59. The number of hydrogen-bond donors (Lipinski definition) is 1. The van der Waals surface area contributed by atoms with E-state index in [0.29, 0.717) is 36.0 Å². The SMILES string of the molecule is CCCCCOc1ccc(C2C(C(=O)C=Cc3ccccc3)=C(O)C(=O)N2c2nc(C)c(C(=O)OC)s2)cc1OCC. The minimum Gasteiger partial charge on any atom is -0.503 e. The summed E-state index contributed by atoms with van der Waals surface area (Å²) in [6.45, 7) is 6.47. The maximum Gasteiger partial charge on any atom is 0.350 e. The van der Waals surface area contributed by atoms with Crippen molar-refractivity contribution in [3.63, 3.8) is 0 Å². The van der Waals surface area contributed by atoms with E-state index in [0.717, 1.165) is 36.2 Å². The minimum absolute atomic E-state index is 0.112. The number of amides is 1. The van der Waals surface area contributed by atoms with E-state index >= 15 is 0 Å². The van der Waals surface area contributed by atoms with Crippen molar-refractivity contribution in [2.24, 2.45) is 0 Å². The zero-order valence-corrected chi connectivity index (χ0v) is 24.9. The van der Waals surface area contributed by atoms with Gasteiger partial charge >= 0.3 is 5.97 Å².